The van der Waals surface area contributed by atoms with Crippen molar-refractivity contribution < 1.29 is 4.79 Å². The average molecular weight is 491 g/mol. The van der Waals surface area contributed by atoms with Gasteiger partial charge < -0.3 is 9.88 Å². The molecular formula is C21H23BrN4OS2. The lowest BCUT2D eigenvalue weighted by atomic mass is 9.87. The molecule has 0 saturated heterocycles. The van der Waals surface area contributed by atoms with E-state index in [1.165, 1.54) is 52.8 Å². The largest absolute Gasteiger partial charge is 0.324 e. The van der Waals surface area contributed by atoms with Crippen LogP contribution in [0.2, 0.25) is 0 Å². The zero-order valence-corrected chi connectivity index (χ0v) is 19.7. The molecule has 8 heteroatoms. The van der Waals surface area contributed by atoms with Crippen molar-refractivity contribution in [2.75, 3.05) is 11.1 Å². The van der Waals surface area contributed by atoms with Crippen LogP contribution >= 0.6 is 39.0 Å². The number of halogens is 1. The maximum atomic E-state index is 12.3. The molecule has 3 aromatic rings. The number of rotatable bonds is 6. The second-order valence-electron chi connectivity index (χ2n) is 7.26. The highest BCUT2D eigenvalue weighted by molar-refractivity contribution is 9.10. The van der Waals surface area contributed by atoms with E-state index in [-0.39, 0.29) is 11.7 Å². The predicted octanol–water partition coefficient (Wildman–Crippen LogP) is 5.55. The van der Waals surface area contributed by atoms with Gasteiger partial charge in [0.25, 0.3) is 0 Å². The summed E-state index contributed by atoms with van der Waals surface area (Å²) in [6, 6.07) is 9.88. The minimum Gasteiger partial charge on any atom is -0.324 e. The van der Waals surface area contributed by atoms with Crippen LogP contribution in [0.25, 0.3) is 10.7 Å². The second kappa shape index (κ2) is 9.02. The molecule has 1 unspecified atom stereocenters. The number of thiophene rings is 1. The summed E-state index contributed by atoms with van der Waals surface area (Å²) >= 11 is 6.69. The highest BCUT2D eigenvalue weighted by Gasteiger charge is 2.22. The van der Waals surface area contributed by atoms with Crippen LogP contribution in [0.3, 0.4) is 0 Å². The van der Waals surface area contributed by atoms with E-state index < -0.39 is 0 Å². The predicted molar refractivity (Wildman–Crippen MR) is 124 cm³/mol. The highest BCUT2D eigenvalue weighted by atomic mass is 79.9. The topological polar surface area (TPSA) is 59.8 Å². The van der Waals surface area contributed by atoms with E-state index >= 15 is 0 Å². The van der Waals surface area contributed by atoms with Crippen LogP contribution in [-0.2, 0) is 24.7 Å². The zero-order valence-electron chi connectivity index (χ0n) is 16.4. The standard InChI is InChI=1S/C21H23BrN4OS2/c1-3-13-8-9-17-14(10-13)11-18(29-17)20-24-25-21(26(20)2)28-12-19(27)23-16-7-5-4-6-15(16)22/h4-7,11,13H,3,8-10,12H2,1-2H3,(H,23,27). The quantitative estimate of drug-likeness (QED) is 0.460. The molecular weight excluding hydrogens is 468 g/mol. The van der Waals surface area contributed by atoms with Crippen molar-refractivity contribution in [1.29, 1.82) is 0 Å². The summed E-state index contributed by atoms with van der Waals surface area (Å²) in [5.74, 6) is 1.90. The minimum absolute atomic E-state index is 0.0661. The Labute approximate surface area is 187 Å². The lowest BCUT2D eigenvalue weighted by Gasteiger charge is -2.19. The summed E-state index contributed by atoms with van der Waals surface area (Å²) in [6.07, 6.45) is 4.89. The van der Waals surface area contributed by atoms with Crippen LogP contribution in [0.1, 0.15) is 30.2 Å². The maximum Gasteiger partial charge on any atom is 0.234 e. The van der Waals surface area contributed by atoms with Gasteiger partial charge in [-0.2, -0.15) is 0 Å². The smallest absolute Gasteiger partial charge is 0.234 e. The molecule has 2 heterocycles. The summed E-state index contributed by atoms with van der Waals surface area (Å²) < 4.78 is 2.86. The Hall–Kier alpha value is -1.64. The molecule has 29 heavy (non-hydrogen) atoms. The normalized spacial score (nSPS) is 15.9. The minimum atomic E-state index is -0.0661. The van der Waals surface area contributed by atoms with E-state index in [0.717, 1.165) is 27.1 Å². The summed E-state index contributed by atoms with van der Waals surface area (Å²) in [5.41, 5.74) is 2.25. The fourth-order valence-electron chi connectivity index (χ4n) is 3.59. The Morgan fingerprint density at radius 1 is 1.38 bits per heavy atom. The van der Waals surface area contributed by atoms with Gasteiger partial charge in [-0.3, -0.25) is 4.79 Å². The number of nitrogens with one attached hydrogen (secondary N) is 1. The number of anilines is 1. The summed E-state index contributed by atoms with van der Waals surface area (Å²) in [6.45, 7) is 2.28. The highest BCUT2D eigenvalue weighted by Crippen LogP contribution is 2.38. The Bertz CT molecular complexity index is 1030. The van der Waals surface area contributed by atoms with E-state index in [4.69, 9.17) is 0 Å². The Morgan fingerprint density at radius 3 is 3.00 bits per heavy atom. The van der Waals surface area contributed by atoms with Gasteiger partial charge in [0.05, 0.1) is 16.3 Å². The monoisotopic (exact) mass is 490 g/mol. The molecule has 0 fully saturated rings. The first kappa shape index (κ1) is 20.6. The third-order valence-corrected chi connectivity index (χ3v) is 8.24. The Balaban J connectivity index is 1.42. The molecule has 2 aromatic heterocycles. The number of carbonyl (C=O) groups excluding carboxylic acids is 1. The van der Waals surface area contributed by atoms with E-state index in [0.29, 0.717) is 0 Å². The van der Waals surface area contributed by atoms with Gasteiger partial charge in [0.2, 0.25) is 5.91 Å². The van der Waals surface area contributed by atoms with Crippen molar-refractivity contribution in [3.05, 3.63) is 45.2 Å². The first-order valence-corrected chi connectivity index (χ1v) is 12.3. The molecule has 4 rings (SSSR count). The fraction of sp³-hybridized carbons (Fsp3) is 0.381. The molecule has 1 N–H and O–H groups in total. The molecule has 0 spiro atoms. The van der Waals surface area contributed by atoms with Gasteiger partial charge >= 0.3 is 0 Å². The van der Waals surface area contributed by atoms with Gasteiger partial charge in [0.1, 0.15) is 0 Å². The molecule has 0 bridgehead atoms. The lowest BCUT2D eigenvalue weighted by molar-refractivity contribution is -0.113. The third-order valence-electron chi connectivity index (χ3n) is 5.30. The Kier molecular flexibility index (Phi) is 6.41. The number of hydrogen-bond acceptors (Lipinski definition) is 5. The number of benzene rings is 1. The van der Waals surface area contributed by atoms with Gasteiger partial charge in [-0.15, -0.1) is 21.5 Å². The van der Waals surface area contributed by atoms with Gasteiger partial charge in [-0.05, 0) is 64.9 Å². The van der Waals surface area contributed by atoms with E-state index in [2.05, 4.69) is 44.4 Å². The third kappa shape index (κ3) is 4.59. The summed E-state index contributed by atoms with van der Waals surface area (Å²) in [4.78, 5) is 15.0. The fourth-order valence-corrected chi connectivity index (χ4v) is 5.92. The van der Waals surface area contributed by atoms with Crippen LogP contribution in [-0.4, -0.2) is 26.4 Å². The van der Waals surface area contributed by atoms with Crippen LogP contribution in [0.5, 0.6) is 0 Å². The summed E-state index contributed by atoms with van der Waals surface area (Å²) in [5, 5.41) is 12.4. The zero-order chi connectivity index (χ0) is 20.4. The van der Waals surface area contributed by atoms with Crippen LogP contribution in [0.4, 0.5) is 5.69 Å². The van der Waals surface area contributed by atoms with Gasteiger partial charge in [0, 0.05) is 16.4 Å². The first-order valence-electron chi connectivity index (χ1n) is 9.73. The van der Waals surface area contributed by atoms with Crippen LogP contribution in [0, 0.1) is 5.92 Å². The molecule has 0 saturated carbocycles. The van der Waals surface area contributed by atoms with Crippen molar-refractivity contribution in [3.63, 3.8) is 0 Å². The molecule has 0 radical (unpaired) electrons. The number of carbonyl (C=O) groups is 1. The van der Waals surface area contributed by atoms with Crippen molar-refractivity contribution in [2.45, 2.75) is 37.8 Å². The molecule has 1 atom stereocenters. The van der Waals surface area contributed by atoms with Crippen LogP contribution < -0.4 is 5.32 Å². The average Bonchev–Trinajstić information content (AvgIpc) is 3.30. The van der Waals surface area contributed by atoms with Crippen molar-refractivity contribution in [2.24, 2.45) is 13.0 Å². The van der Waals surface area contributed by atoms with Crippen molar-refractivity contribution in [3.8, 4) is 10.7 Å². The second-order valence-corrected chi connectivity index (χ2v) is 10.2. The number of aryl methyl sites for hydroxylation is 1. The molecule has 1 aliphatic rings. The molecule has 1 aliphatic carbocycles. The lowest BCUT2D eigenvalue weighted by Crippen LogP contribution is -2.14. The number of aromatic nitrogens is 3. The summed E-state index contributed by atoms with van der Waals surface area (Å²) in [7, 11) is 1.97. The van der Waals surface area contributed by atoms with Gasteiger partial charge in [-0.1, -0.05) is 37.2 Å². The Morgan fingerprint density at radius 2 is 2.21 bits per heavy atom. The number of nitrogens with zero attached hydrogens (tertiary/aromatic N) is 3. The first-order chi connectivity index (χ1) is 14.0. The van der Waals surface area contributed by atoms with Gasteiger partial charge in [-0.25, -0.2) is 0 Å². The maximum absolute atomic E-state index is 12.3. The number of amides is 1. The van der Waals surface area contributed by atoms with E-state index in [1.54, 1.807) is 0 Å². The molecule has 1 aromatic carbocycles. The van der Waals surface area contributed by atoms with Crippen molar-refractivity contribution in [1.82, 2.24) is 14.8 Å². The number of hydrogen-bond donors (Lipinski definition) is 1. The van der Waals surface area contributed by atoms with Gasteiger partial charge in [0.15, 0.2) is 11.0 Å². The van der Waals surface area contributed by atoms with Crippen LogP contribution in [0.15, 0.2) is 40.0 Å². The molecule has 152 valence electrons. The number of thioether (sulfide) groups is 1. The number of fused-ring (bicyclic) bond motifs is 1. The molecule has 5 nitrogen and oxygen atoms in total. The van der Waals surface area contributed by atoms with Crippen molar-refractivity contribution >= 4 is 50.6 Å². The van der Waals surface area contributed by atoms with E-state index in [9.17, 15) is 4.79 Å². The molecule has 0 aliphatic heterocycles. The van der Waals surface area contributed by atoms with E-state index in [1.807, 2.05) is 47.2 Å². The number of para-hydroxylation sites is 1. The SMILES string of the molecule is CCC1CCc2sc(-c3nnc(SCC(=O)Nc4ccccc4Br)n3C)cc2C1. The molecule has 1 amide bonds.